The van der Waals surface area contributed by atoms with Crippen LogP contribution in [0.5, 0.6) is 0 Å². The molecule has 0 spiro atoms. The predicted octanol–water partition coefficient (Wildman–Crippen LogP) is 3.67. The van der Waals surface area contributed by atoms with Crippen molar-refractivity contribution in [2.24, 2.45) is 0 Å². The van der Waals surface area contributed by atoms with Crippen LogP contribution in [0.2, 0.25) is 0 Å². The van der Waals surface area contributed by atoms with Crippen molar-refractivity contribution in [1.82, 2.24) is 0 Å². The van der Waals surface area contributed by atoms with Crippen molar-refractivity contribution in [3.8, 4) is 5.92 Å². The predicted molar refractivity (Wildman–Crippen MR) is 58.5 cm³/mol. The van der Waals surface area contributed by atoms with Crippen LogP contribution < -0.4 is 0 Å². The van der Waals surface area contributed by atoms with Gasteiger partial charge < -0.3 is 6.42 Å². The Bertz CT molecular complexity index is 320. The highest BCUT2D eigenvalue weighted by Gasteiger charge is 2.14. The summed E-state index contributed by atoms with van der Waals surface area (Å²) in [6.07, 6.45) is 13.9. The molecular weight excluding hydrogens is 168 g/mol. The molecule has 14 heavy (non-hydrogen) atoms. The lowest BCUT2D eigenvalue weighted by atomic mass is 9.84. The van der Waals surface area contributed by atoms with E-state index in [1.807, 2.05) is 12.1 Å². The molecule has 0 aromatic heterocycles. The Kier molecular flexibility index (Phi) is 2.89. The summed E-state index contributed by atoms with van der Waals surface area (Å²) in [7, 11) is 0. The van der Waals surface area contributed by atoms with Gasteiger partial charge >= 0.3 is 0 Å². The molecule has 0 bridgehead atoms. The Morgan fingerprint density at radius 3 is 2.21 bits per heavy atom. The maximum atomic E-state index is 7.01. The van der Waals surface area contributed by atoms with Crippen LogP contribution in [0, 0.1) is 12.3 Å². The van der Waals surface area contributed by atoms with Crippen molar-refractivity contribution < 1.29 is 0 Å². The smallest absolute Gasteiger partial charge is 0.0163 e. The second-order valence-corrected chi connectivity index (χ2v) is 4.08. The van der Waals surface area contributed by atoms with Crippen molar-refractivity contribution in [2.45, 2.75) is 38.0 Å². The minimum absolute atomic E-state index is 0.767. The summed E-state index contributed by atoms with van der Waals surface area (Å²) in [6.45, 7) is 0. The fourth-order valence-electron chi connectivity index (χ4n) is 2.27. The fraction of sp³-hybridized carbons (Fsp3) is 0.429. The van der Waals surface area contributed by atoms with Gasteiger partial charge in [0.25, 0.3) is 0 Å². The van der Waals surface area contributed by atoms with Gasteiger partial charge in [0.2, 0.25) is 0 Å². The molecule has 72 valence electrons. The lowest BCUT2D eigenvalue weighted by Crippen LogP contribution is -2.04. The summed E-state index contributed by atoms with van der Waals surface area (Å²) in [5.41, 5.74) is 2.33. The topological polar surface area (TPSA) is 0 Å². The molecule has 1 fully saturated rings. The Morgan fingerprint density at radius 2 is 1.64 bits per heavy atom. The Balaban J connectivity index is 2.12. The van der Waals surface area contributed by atoms with Gasteiger partial charge in [0.05, 0.1) is 0 Å². The quantitative estimate of drug-likeness (QED) is 0.460. The first-order valence-corrected chi connectivity index (χ1v) is 5.43. The van der Waals surface area contributed by atoms with Crippen LogP contribution in [0.4, 0.5) is 0 Å². The van der Waals surface area contributed by atoms with E-state index in [1.54, 1.807) is 0 Å². The highest BCUT2D eigenvalue weighted by atomic mass is 14.2. The van der Waals surface area contributed by atoms with E-state index in [1.165, 1.54) is 37.7 Å². The van der Waals surface area contributed by atoms with Gasteiger partial charge in [0, 0.05) is 0 Å². The van der Waals surface area contributed by atoms with Crippen LogP contribution in [0.3, 0.4) is 0 Å². The molecule has 1 aliphatic rings. The maximum Gasteiger partial charge on any atom is -0.0163 e. The van der Waals surface area contributed by atoms with E-state index in [-0.39, 0.29) is 0 Å². The molecule has 0 radical (unpaired) electrons. The van der Waals surface area contributed by atoms with E-state index >= 15 is 0 Å². The number of hydrogen-bond donors (Lipinski definition) is 0. The van der Waals surface area contributed by atoms with Gasteiger partial charge in [-0.3, -0.25) is 5.92 Å². The third-order valence-electron chi connectivity index (χ3n) is 3.13. The molecule has 1 aromatic rings. The second kappa shape index (κ2) is 4.33. The van der Waals surface area contributed by atoms with Crippen LogP contribution >= 0.6 is 0 Å². The van der Waals surface area contributed by atoms with E-state index < -0.39 is 0 Å². The molecule has 0 atom stereocenters. The van der Waals surface area contributed by atoms with Gasteiger partial charge in [0.15, 0.2) is 0 Å². The minimum atomic E-state index is 0.767. The first-order valence-electron chi connectivity index (χ1n) is 5.43. The van der Waals surface area contributed by atoms with E-state index in [0.717, 1.165) is 11.5 Å². The highest BCUT2D eigenvalue weighted by Crippen LogP contribution is 2.32. The zero-order valence-electron chi connectivity index (χ0n) is 8.42. The molecule has 0 nitrogen and oxygen atoms in total. The van der Waals surface area contributed by atoms with E-state index in [4.69, 9.17) is 6.42 Å². The van der Waals surface area contributed by atoms with Gasteiger partial charge in [-0.25, -0.2) is 0 Å². The van der Waals surface area contributed by atoms with Gasteiger partial charge in [-0.15, -0.1) is 17.7 Å². The van der Waals surface area contributed by atoms with Crippen LogP contribution in [0.1, 0.15) is 49.1 Å². The molecular formula is C14H15-. The van der Waals surface area contributed by atoms with Crippen molar-refractivity contribution in [2.75, 3.05) is 0 Å². The Labute approximate surface area is 86.3 Å². The van der Waals surface area contributed by atoms with Crippen LogP contribution in [0.25, 0.3) is 0 Å². The zero-order chi connectivity index (χ0) is 9.80. The third kappa shape index (κ3) is 1.99. The van der Waals surface area contributed by atoms with Crippen molar-refractivity contribution >= 4 is 0 Å². The van der Waals surface area contributed by atoms with Crippen molar-refractivity contribution in [3.05, 3.63) is 41.8 Å². The first kappa shape index (κ1) is 9.34. The maximum absolute atomic E-state index is 7.01. The van der Waals surface area contributed by atoms with E-state index in [9.17, 15) is 0 Å². The standard InChI is InChI=1S/C14H15/c1-2-12-8-10-14(11-9-12)13-6-4-3-5-7-13/h8-11,13H,3-7H2/q-1. The molecule has 0 saturated heterocycles. The third-order valence-corrected chi connectivity index (χ3v) is 3.13. The highest BCUT2D eigenvalue weighted by molar-refractivity contribution is 5.34. The summed E-state index contributed by atoms with van der Waals surface area (Å²) in [5, 5.41) is 0. The van der Waals surface area contributed by atoms with Crippen LogP contribution in [-0.2, 0) is 0 Å². The van der Waals surface area contributed by atoms with Gasteiger partial charge in [0.1, 0.15) is 0 Å². The molecule has 0 heteroatoms. The number of rotatable bonds is 1. The number of hydrogen-bond acceptors (Lipinski definition) is 0. The summed E-state index contributed by atoms with van der Waals surface area (Å²) in [5.74, 6) is 3.17. The van der Waals surface area contributed by atoms with Gasteiger partial charge in [-0.1, -0.05) is 31.4 Å². The molecule has 1 aromatic carbocycles. The Hall–Kier alpha value is -1.22. The summed E-state index contributed by atoms with van der Waals surface area (Å²) in [6, 6.07) is 8.31. The van der Waals surface area contributed by atoms with Crippen LogP contribution in [0.15, 0.2) is 24.3 Å². The van der Waals surface area contributed by atoms with Crippen molar-refractivity contribution in [3.63, 3.8) is 0 Å². The summed E-state index contributed by atoms with van der Waals surface area (Å²) in [4.78, 5) is 0. The molecule has 0 amide bonds. The average Bonchev–Trinajstić information content (AvgIpc) is 2.30. The molecule has 1 aliphatic carbocycles. The summed E-state index contributed by atoms with van der Waals surface area (Å²) >= 11 is 0. The molecule has 0 N–H and O–H groups in total. The molecule has 2 rings (SSSR count). The fourth-order valence-corrected chi connectivity index (χ4v) is 2.27. The average molecular weight is 183 g/mol. The van der Waals surface area contributed by atoms with Crippen LogP contribution in [-0.4, -0.2) is 0 Å². The van der Waals surface area contributed by atoms with E-state index in [2.05, 4.69) is 18.1 Å². The number of benzene rings is 1. The SMILES string of the molecule is [C-]#Cc1ccc(C2CCCCC2)cc1. The van der Waals surface area contributed by atoms with E-state index in [0.29, 0.717) is 0 Å². The van der Waals surface area contributed by atoms with Crippen molar-refractivity contribution in [1.29, 1.82) is 0 Å². The summed E-state index contributed by atoms with van der Waals surface area (Å²) < 4.78 is 0. The first-order chi connectivity index (χ1) is 6.90. The molecule has 1 saturated carbocycles. The monoisotopic (exact) mass is 183 g/mol. The van der Waals surface area contributed by atoms with Gasteiger partial charge in [-0.2, -0.15) is 0 Å². The normalized spacial score (nSPS) is 17.6. The lowest BCUT2D eigenvalue weighted by Gasteiger charge is -2.22. The molecule has 0 unspecified atom stereocenters. The minimum Gasteiger partial charge on any atom is -0.366 e. The van der Waals surface area contributed by atoms with Gasteiger partial charge in [-0.05, 0) is 24.3 Å². The largest absolute Gasteiger partial charge is 0.366 e. The lowest BCUT2D eigenvalue weighted by molar-refractivity contribution is 0.443. The second-order valence-electron chi connectivity index (χ2n) is 4.08. The Morgan fingerprint density at radius 1 is 1.00 bits per heavy atom. The zero-order valence-corrected chi connectivity index (χ0v) is 8.42. The molecule has 0 heterocycles. The molecule has 0 aliphatic heterocycles.